The maximum atomic E-state index is 12.5. The molecule has 31 heavy (non-hydrogen) atoms. The van der Waals surface area contributed by atoms with Gasteiger partial charge in [-0.3, -0.25) is 14.6 Å². The number of benzene rings is 2. The summed E-state index contributed by atoms with van der Waals surface area (Å²) >= 11 is 0.987. The highest BCUT2D eigenvalue weighted by Crippen LogP contribution is 2.30. The van der Waals surface area contributed by atoms with Crippen LogP contribution in [0.4, 0.5) is 11.5 Å². The van der Waals surface area contributed by atoms with Gasteiger partial charge in [0, 0.05) is 34.7 Å². The predicted octanol–water partition coefficient (Wildman–Crippen LogP) is 2.23. The molecule has 0 aliphatic carbocycles. The number of methoxy groups -OCH3 is 3. The van der Waals surface area contributed by atoms with Crippen molar-refractivity contribution < 1.29 is 19.0 Å². The van der Waals surface area contributed by atoms with Crippen LogP contribution in [0.1, 0.15) is 4.88 Å². The van der Waals surface area contributed by atoms with E-state index < -0.39 is 0 Å². The van der Waals surface area contributed by atoms with Crippen molar-refractivity contribution in [2.24, 2.45) is 4.99 Å². The highest BCUT2D eigenvalue weighted by molar-refractivity contribution is 7.10. The van der Waals surface area contributed by atoms with Crippen molar-refractivity contribution in [2.75, 3.05) is 26.6 Å². The number of hydrogen-bond acceptors (Lipinski definition) is 7. The van der Waals surface area contributed by atoms with E-state index in [4.69, 9.17) is 14.2 Å². The lowest BCUT2D eigenvalue weighted by Gasteiger charge is -2.10. The largest absolute Gasteiger partial charge is 0.497 e. The molecule has 3 aromatic rings. The first-order chi connectivity index (χ1) is 15.0. The van der Waals surface area contributed by atoms with Gasteiger partial charge in [0.05, 0.1) is 31.6 Å². The fourth-order valence-corrected chi connectivity index (χ4v) is 3.83. The third-order valence-electron chi connectivity index (χ3n) is 4.60. The number of carbonyl (C=O) groups excluding carboxylic acids is 1. The Morgan fingerprint density at radius 2 is 1.68 bits per heavy atom. The van der Waals surface area contributed by atoms with Crippen molar-refractivity contribution in [1.82, 2.24) is 4.98 Å². The van der Waals surface area contributed by atoms with E-state index in [0.717, 1.165) is 16.6 Å². The minimum absolute atomic E-state index is 0.258. The zero-order valence-electron chi connectivity index (χ0n) is 17.0. The Balaban J connectivity index is 1.74. The summed E-state index contributed by atoms with van der Waals surface area (Å²) in [4.78, 5) is 31.8. The minimum Gasteiger partial charge on any atom is -0.497 e. The average Bonchev–Trinajstić information content (AvgIpc) is 3.11. The van der Waals surface area contributed by atoms with E-state index in [-0.39, 0.29) is 10.8 Å². The molecule has 4 rings (SSSR count). The summed E-state index contributed by atoms with van der Waals surface area (Å²) in [7, 11) is 4.69. The molecule has 9 heteroatoms. The SMILES string of the molecule is COc1cc(Nc2[nH]c(=O)sc2/C=C2\C=c3cc(OC)ccc3=NC2=O)cc(OC)c1. The number of fused-ring (bicyclic) bond motifs is 1. The van der Waals surface area contributed by atoms with Crippen LogP contribution < -0.4 is 35.0 Å². The number of anilines is 2. The molecule has 1 aliphatic rings. The van der Waals surface area contributed by atoms with Gasteiger partial charge in [-0.2, -0.15) is 0 Å². The van der Waals surface area contributed by atoms with Crippen LogP contribution >= 0.6 is 11.3 Å². The maximum Gasteiger partial charge on any atom is 0.306 e. The van der Waals surface area contributed by atoms with E-state index in [2.05, 4.69) is 15.3 Å². The van der Waals surface area contributed by atoms with Crippen molar-refractivity contribution in [3.05, 3.63) is 67.1 Å². The highest BCUT2D eigenvalue weighted by atomic mass is 32.1. The lowest BCUT2D eigenvalue weighted by molar-refractivity contribution is -0.114. The number of nitrogens with one attached hydrogen (secondary N) is 2. The van der Waals surface area contributed by atoms with E-state index >= 15 is 0 Å². The second-order valence-corrected chi connectivity index (χ2v) is 7.58. The number of aromatic amines is 1. The quantitative estimate of drug-likeness (QED) is 0.574. The van der Waals surface area contributed by atoms with Crippen LogP contribution in [-0.2, 0) is 4.79 Å². The van der Waals surface area contributed by atoms with Crippen molar-refractivity contribution in [3.63, 3.8) is 0 Å². The molecule has 1 amide bonds. The van der Waals surface area contributed by atoms with Crippen molar-refractivity contribution >= 4 is 40.9 Å². The molecule has 0 radical (unpaired) electrons. The van der Waals surface area contributed by atoms with Crippen LogP contribution in [-0.4, -0.2) is 32.2 Å². The first-order valence-corrected chi connectivity index (χ1v) is 10.0. The van der Waals surface area contributed by atoms with Crippen LogP contribution in [0.5, 0.6) is 17.2 Å². The molecule has 2 N–H and O–H groups in total. The van der Waals surface area contributed by atoms with Gasteiger partial charge in [0.1, 0.15) is 23.1 Å². The number of thiazole rings is 1. The summed E-state index contributed by atoms with van der Waals surface area (Å²) < 4.78 is 15.8. The third kappa shape index (κ3) is 4.36. The first kappa shape index (κ1) is 20.4. The fourth-order valence-electron chi connectivity index (χ4n) is 3.08. The molecule has 0 saturated heterocycles. The van der Waals surface area contributed by atoms with Gasteiger partial charge in [-0.15, -0.1) is 0 Å². The van der Waals surface area contributed by atoms with Gasteiger partial charge in [-0.1, -0.05) is 11.3 Å². The van der Waals surface area contributed by atoms with E-state index in [1.54, 1.807) is 69.9 Å². The second kappa shape index (κ2) is 8.49. The summed E-state index contributed by atoms with van der Waals surface area (Å²) in [6.07, 6.45) is 3.37. The van der Waals surface area contributed by atoms with Crippen molar-refractivity contribution in [1.29, 1.82) is 0 Å². The highest BCUT2D eigenvalue weighted by Gasteiger charge is 2.15. The van der Waals surface area contributed by atoms with Crippen LogP contribution in [0.3, 0.4) is 0 Å². The topological polar surface area (TPSA) is 102 Å². The van der Waals surface area contributed by atoms with Gasteiger partial charge in [0.15, 0.2) is 0 Å². The van der Waals surface area contributed by atoms with E-state index in [1.165, 1.54) is 0 Å². The third-order valence-corrected chi connectivity index (χ3v) is 5.43. The Labute approximate surface area is 181 Å². The van der Waals surface area contributed by atoms with Crippen LogP contribution in [0, 0.1) is 0 Å². The molecule has 0 atom stereocenters. The number of nitrogens with zero attached hydrogens (tertiary/aromatic N) is 1. The zero-order valence-corrected chi connectivity index (χ0v) is 17.8. The number of hydrogen-bond donors (Lipinski definition) is 2. The summed E-state index contributed by atoms with van der Waals surface area (Å²) in [5.74, 6) is 1.93. The summed E-state index contributed by atoms with van der Waals surface area (Å²) in [6.45, 7) is 0. The first-order valence-electron chi connectivity index (χ1n) is 9.23. The van der Waals surface area contributed by atoms with Gasteiger partial charge in [-0.05, 0) is 30.4 Å². The van der Waals surface area contributed by atoms with E-state index in [9.17, 15) is 9.59 Å². The molecular weight excluding hydrogens is 418 g/mol. The number of ether oxygens (including phenoxy) is 3. The summed E-state index contributed by atoms with van der Waals surface area (Å²) in [5, 5.41) is 4.50. The van der Waals surface area contributed by atoms with Crippen molar-refractivity contribution in [3.8, 4) is 17.2 Å². The van der Waals surface area contributed by atoms with Crippen LogP contribution in [0.25, 0.3) is 12.2 Å². The van der Waals surface area contributed by atoms with E-state index in [0.29, 0.717) is 44.6 Å². The molecule has 0 spiro atoms. The van der Waals surface area contributed by atoms with E-state index in [1.807, 2.05) is 0 Å². The van der Waals surface area contributed by atoms with Gasteiger partial charge < -0.3 is 19.5 Å². The number of rotatable bonds is 6. The Bertz CT molecular complexity index is 1350. The number of carbonyl (C=O) groups is 1. The Morgan fingerprint density at radius 3 is 2.35 bits per heavy atom. The monoisotopic (exact) mass is 437 g/mol. The van der Waals surface area contributed by atoms with Crippen LogP contribution in [0.15, 0.2) is 51.8 Å². The zero-order chi connectivity index (χ0) is 22.0. The smallest absolute Gasteiger partial charge is 0.306 e. The Hall–Kier alpha value is -3.85. The van der Waals surface area contributed by atoms with Crippen molar-refractivity contribution in [2.45, 2.75) is 0 Å². The lowest BCUT2D eigenvalue weighted by Crippen LogP contribution is -2.30. The molecule has 2 heterocycles. The van der Waals surface area contributed by atoms with Crippen LogP contribution in [0.2, 0.25) is 0 Å². The summed E-state index contributed by atoms with van der Waals surface area (Å²) in [6, 6.07) is 10.6. The van der Waals surface area contributed by atoms with Gasteiger partial charge in [0.2, 0.25) is 0 Å². The predicted molar refractivity (Wildman–Crippen MR) is 119 cm³/mol. The maximum absolute atomic E-state index is 12.5. The molecule has 2 aromatic carbocycles. The number of H-pyrrole nitrogens is 1. The second-order valence-electron chi connectivity index (χ2n) is 6.57. The Morgan fingerprint density at radius 1 is 0.968 bits per heavy atom. The number of amides is 1. The molecule has 1 aromatic heterocycles. The molecule has 0 bridgehead atoms. The average molecular weight is 437 g/mol. The van der Waals surface area contributed by atoms with Gasteiger partial charge >= 0.3 is 4.87 Å². The fraction of sp³-hybridized carbons (Fsp3) is 0.136. The molecule has 0 fully saturated rings. The Kier molecular flexibility index (Phi) is 5.59. The molecule has 1 aliphatic heterocycles. The standard InChI is InChI=1S/C22H19N3O5S/c1-28-15-4-5-18-12(7-15)6-13(21(26)24-18)8-19-20(25-22(27)31-19)23-14-9-16(29-2)11-17(10-14)30-3/h4-11,23H,1-3H3,(H,25,27)/b13-8+. The number of aromatic nitrogens is 1. The lowest BCUT2D eigenvalue weighted by atomic mass is 10.1. The molecule has 0 saturated carbocycles. The molecular formula is C22H19N3O5S. The molecule has 8 nitrogen and oxygen atoms in total. The molecule has 158 valence electrons. The molecule has 0 unspecified atom stereocenters. The van der Waals surface area contributed by atoms with Gasteiger partial charge in [-0.25, -0.2) is 4.99 Å². The normalized spacial score (nSPS) is 13.8. The minimum atomic E-state index is -0.382. The van der Waals surface area contributed by atoms with Gasteiger partial charge in [0.25, 0.3) is 5.91 Å². The summed E-state index contributed by atoms with van der Waals surface area (Å²) in [5.41, 5.74) is 1.02.